The van der Waals surface area contributed by atoms with Crippen LogP contribution in [0.3, 0.4) is 0 Å². The van der Waals surface area contributed by atoms with Crippen LogP contribution in [0.15, 0.2) is 83.8 Å². The molecule has 0 N–H and O–H groups in total. The van der Waals surface area contributed by atoms with Gasteiger partial charge in [-0.15, -0.1) is 0 Å². The lowest BCUT2D eigenvalue weighted by Crippen LogP contribution is -2.27. The lowest BCUT2D eigenvalue weighted by molar-refractivity contribution is -0.385. The van der Waals surface area contributed by atoms with Gasteiger partial charge in [0.2, 0.25) is 0 Å². The molecule has 7 nitrogen and oxygen atoms in total. The molecule has 1 heterocycles. The predicted molar refractivity (Wildman–Crippen MR) is 118 cm³/mol. The van der Waals surface area contributed by atoms with E-state index in [1.54, 1.807) is 42.5 Å². The van der Waals surface area contributed by atoms with Gasteiger partial charge in [-0.05, 0) is 47.7 Å². The van der Waals surface area contributed by atoms with E-state index in [4.69, 9.17) is 4.74 Å². The van der Waals surface area contributed by atoms with E-state index in [-0.39, 0.29) is 17.1 Å². The smallest absolute Gasteiger partial charge is 0.293 e. The number of hydrogen-bond acceptors (Lipinski definition) is 6. The molecule has 2 amide bonds. The average molecular weight is 432 g/mol. The van der Waals surface area contributed by atoms with Crippen LogP contribution in [0.5, 0.6) is 11.5 Å². The van der Waals surface area contributed by atoms with E-state index in [1.807, 2.05) is 30.3 Å². The van der Waals surface area contributed by atoms with Gasteiger partial charge in [-0.3, -0.25) is 24.6 Å². The molecule has 0 aliphatic carbocycles. The third-order valence-corrected chi connectivity index (χ3v) is 5.43. The quantitative estimate of drug-likeness (QED) is 0.285. The fraction of sp³-hybridized carbons (Fsp3) is 0.0435. The highest BCUT2D eigenvalue weighted by Crippen LogP contribution is 2.35. The summed E-state index contributed by atoms with van der Waals surface area (Å²) < 4.78 is 5.80. The topological polar surface area (TPSA) is 89.8 Å². The normalized spacial score (nSPS) is 14.8. The largest absolute Gasteiger partial charge is 0.457 e. The number of carbonyl (C=O) groups is 2. The van der Waals surface area contributed by atoms with Crippen LogP contribution in [-0.4, -0.2) is 21.0 Å². The summed E-state index contributed by atoms with van der Waals surface area (Å²) in [7, 11) is 0. The molecule has 0 aromatic heterocycles. The Kier molecular flexibility index (Phi) is 5.81. The number of imide groups is 1. The van der Waals surface area contributed by atoms with Crippen molar-refractivity contribution in [3.05, 3.63) is 105 Å². The maximum Gasteiger partial charge on any atom is 0.293 e. The van der Waals surface area contributed by atoms with Crippen LogP contribution in [0.4, 0.5) is 10.5 Å². The van der Waals surface area contributed by atoms with Crippen molar-refractivity contribution in [1.82, 2.24) is 4.90 Å². The number of hydrogen-bond donors (Lipinski definition) is 0. The molecule has 0 unspecified atom stereocenters. The molecule has 1 aliphatic heterocycles. The summed E-state index contributed by atoms with van der Waals surface area (Å²) in [5.74, 6) is 0.797. The van der Waals surface area contributed by atoms with Crippen molar-refractivity contribution in [2.45, 2.75) is 6.54 Å². The Hall–Kier alpha value is -3.91. The van der Waals surface area contributed by atoms with Gasteiger partial charge >= 0.3 is 0 Å². The SMILES string of the molecule is O=C1S/C(=C\c2cccc(Oc3ccccc3)c2)C(=O)N1Cc1ccccc1[N+](=O)[O-]. The molecule has 0 atom stereocenters. The summed E-state index contributed by atoms with van der Waals surface area (Å²) >= 11 is 0.808. The first-order valence-electron chi connectivity index (χ1n) is 9.32. The van der Waals surface area contributed by atoms with Gasteiger partial charge in [0.05, 0.1) is 16.4 Å². The minimum absolute atomic E-state index is 0.128. The van der Waals surface area contributed by atoms with Crippen molar-refractivity contribution >= 4 is 34.7 Å². The number of ether oxygens (including phenoxy) is 1. The van der Waals surface area contributed by atoms with Crippen LogP contribution in [0.2, 0.25) is 0 Å². The summed E-state index contributed by atoms with van der Waals surface area (Å²) in [6.07, 6.45) is 1.61. The summed E-state index contributed by atoms with van der Waals surface area (Å²) in [6, 6.07) is 22.5. The lowest BCUT2D eigenvalue weighted by atomic mass is 10.1. The molecule has 0 saturated carbocycles. The Morgan fingerprint density at radius 1 is 0.935 bits per heavy atom. The molecule has 4 rings (SSSR count). The molecule has 1 fully saturated rings. The zero-order valence-corrected chi connectivity index (χ0v) is 17.0. The van der Waals surface area contributed by atoms with E-state index in [9.17, 15) is 19.7 Å². The number of nitro groups is 1. The number of thioether (sulfide) groups is 1. The van der Waals surface area contributed by atoms with Crippen LogP contribution < -0.4 is 4.74 Å². The molecule has 0 bridgehead atoms. The number of carbonyl (C=O) groups excluding carboxylic acids is 2. The minimum atomic E-state index is -0.525. The van der Waals surface area contributed by atoms with Gasteiger partial charge in [0.1, 0.15) is 11.5 Å². The zero-order chi connectivity index (χ0) is 21.8. The van der Waals surface area contributed by atoms with Crippen molar-refractivity contribution in [1.29, 1.82) is 0 Å². The molecule has 0 spiro atoms. The monoisotopic (exact) mass is 432 g/mol. The Balaban J connectivity index is 1.54. The first-order valence-corrected chi connectivity index (χ1v) is 10.1. The number of amides is 2. The summed E-state index contributed by atoms with van der Waals surface area (Å²) in [5, 5.41) is 10.7. The Bertz CT molecular complexity index is 1190. The molecule has 0 radical (unpaired) electrons. The number of nitro benzene ring substituents is 1. The summed E-state index contributed by atoms with van der Waals surface area (Å²) in [6.45, 7) is -0.156. The minimum Gasteiger partial charge on any atom is -0.457 e. The molecular weight excluding hydrogens is 416 g/mol. The highest BCUT2D eigenvalue weighted by molar-refractivity contribution is 8.18. The van der Waals surface area contributed by atoms with Crippen LogP contribution in [-0.2, 0) is 11.3 Å². The van der Waals surface area contributed by atoms with Crippen LogP contribution in [0, 0.1) is 10.1 Å². The molecule has 8 heteroatoms. The van der Waals surface area contributed by atoms with Crippen LogP contribution in [0.25, 0.3) is 6.08 Å². The number of para-hydroxylation sites is 2. The van der Waals surface area contributed by atoms with Crippen molar-refractivity contribution in [2.75, 3.05) is 0 Å². The second-order valence-corrected chi connectivity index (χ2v) is 7.63. The van der Waals surface area contributed by atoms with Gasteiger partial charge in [-0.1, -0.05) is 48.5 Å². The zero-order valence-electron chi connectivity index (χ0n) is 16.1. The molecule has 3 aromatic carbocycles. The van der Waals surface area contributed by atoms with Gasteiger partial charge in [-0.25, -0.2) is 0 Å². The first kappa shape index (κ1) is 20.4. The van der Waals surface area contributed by atoms with Crippen molar-refractivity contribution in [2.24, 2.45) is 0 Å². The fourth-order valence-electron chi connectivity index (χ4n) is 3.07. The van der Waals surface area contributed by atoms with Gasteiger partial charge in [-0.2, -0.15) is 0 Å². The first-order chi connectivity index (χ1) is 15.0. The Morgan fingerprint density at radius 3 is 2.42 bits per heavy atom. The third-order valence-electron chi connectivity index (χ3n) is 4.53. The third kappa shape index (κ3) is 4.65. The van der Waals surface area contributed by atoms with Gasteiger partial charge in [0.15, 0.2) is 0 Å². The number of rotatable bonds is 6. The second kappa shape index (κ2) is 8.85. The standard InChI is InChI=1S/C23H16N2O5S/c26-22-21(14-16-7-6-11-19(13-16)30-18-9-2-1-3-10-18)31-23(27)24(22)15-17-8-4-5-12-20(17)25(28)29/h1-14H,15H2/b21-14-. The maximum atomic E-state index is 12.8. The van der Waals surface area contributed by atoms with Crippen LogP contribution in [0.1, 0.15) is 11.1 Å². The van der Waals surface area contributed by atoms with E-state index in [2.05, 4.69) is 0 Å². The average Bonchev–Trinajstić information content (AvgIpc) is 3.02. The van der Waals surface area contributed by atoms with Crippen molar-refractivity contribution in [3.63, 3.8) is 0 Å². The number of nitrogens with zero attached hydrogens (tertiary/aromatic N) is 2. The molecule has 3 aromatic rings. The van der Waals surface area contributed by atoms with E-state index >= 15 is 0 Å². The Labute approximate surface area is 182 Å². The molecule has 1 saturated heterocycles. The van der Waals surface area contributed by atoms with Gasteiger partial charge < -0.3 is 4.74 Å². The number of benzene rings is 3. The van der Waals surface area contributed by atoms with E-state index in [1.165, 1.54) is 12.1 Å². The van der Waals surface area contributed by atoms with Crippen molar-refractivity contribution < 1.29 is 19.2 Å². The molecule has 1 aliphatic rings. The second-order valence-electron chi connectivity index (χ2n) is 6.64. The maximum absolute atomic E-state index is 12.8. The predicted octanol–water partition coefficient (Wildman–Crippen LogP) is 5.62. The van der Waals surface area contributed by atoms with Crippen LogP contribution >= 0.6 is 11.8 Å². The Morgan fingerprint density at radius 2 is 1.65 bits per heavy atom. The van der Waals surface area contributed by atoms with E-state index in [0.717, 1.165) is 16.7 Å². The molecule has 31 heavy (non-hydrogen) atoms. The van der Waals surface area contributed by atoms with Crippen molar-refractivity contribution in [3.8, 4) is 11.5 Å². The lowest BCUT2D eigenvalue weighted by Gasteiger charge is -2.12. The van der Waals surface area contributed by atoms with E-state index < -0.39 is 16.1 Å². The highest BCUT2D eigenvalue weighted by atomic mass is 32.2. The summed E-state index contributed by atoms with van der Waals surface area (Å²) in [4.78, 5) is 37.2. The van der Waals surface area contributed by atoms with Gasteiger partial charge in [0, 0.05) is 11.6 Å². The molecule has 154 valence electrons. The van der Waals surface area contributed by atoms with E-state index in [0.29, 0.717) is 22.6 Å². The fourth-order valence-corrected chi connectivity index (χ4v) is 3.91. The van der Waals surface area contributed by atoms with Gasteiger partial charge in [0.25, 0.3) is 16.8 Å². The highest BCUT2D eigenvalue weighted by Gasteiger charge is 2.36. The molecular formula is C23H16N2O5S. The summed E-state index contributed by atoms with van der Waals surface area (Å²) in [5.41, 5.74) is 0.871.